The Kier molecular flexibility index (Phi) is 2.85. The Bertz CT molecular complexity index is 370. The molecular formula is C8H10N3O3. The van der Waals surface area contributed by atoms with Crippen LogP contribution >= 0.6 is 0 Å². The smallest absolute Gasteiger partial charge is 0.270 e. The van der Waals surface area contributed by atoms with Crippen LogP contribution in [0.4, 0.5) is 0 Å². The molecular weight excluding hydrogens is 186 g/mol. The van der Waals surface area contributed by atoms with E-state index in [0.29, 0.717) is 5.76 Å². The predicted molar refractivity (Wildman–Crippen MR) is 47.0 cm³/mol. The third-order valence-corrected chi connectivity index (χ3v) is 1.52. The largest absolute Gasteiger partial charge is 0.445 e. The van der Waals surface area contributed by atoms with Gasteiger partial charge in [-0.1, -0.05) is 0 Å². The summed E-state index contributed by atoms with van der Waals surface area (Å²) in [6.07, 6.45) is 1.40. The Hall–Kier alpha value is -1.85. The molecule has 0 aliphatic heterocycles. The van der Waals surface area contributed by atoms with Crippen LogP contribution in [0.3, 0.4) is 0 Å². The van der Waals surface area contributed by atoms with Gasteiger partial charge in [-0.05, 0) is 6.92 Å². The molecule has 6 nitrogen and oxygen atoms in total. The van der Waals surface area contributed by atoms with E-state index in [1.807, 2.05) is 0 Å². The quantitative estimate of drug-likeness (QED) is 0.676. The van der Waals surface area contributed by atoms with Gasteiger partial charge < -0.3 is 15.9 Å². The minimum atomic E-state index is -0.662. The van der Waals surface area contributed by atoms with E-state index in [0.717, 1.165) is 0 Å². The Morgan fingerprint density at radius 1 is 1.50 bits per heavy atom. The molecule has 0 aliphatic carbocycles. The first-order chi connectivity index (χ1) is 6.50. The molecule has 0 aliphatic rings. The van der Waals surface area contributed by atoms with E-state index >= 15 is 0 Å². The van der Waals surface area contributed by atoms with Crippen LogP contribution in [-0.4, -0.2) is 16.8 Å². The number of aryl methyl sites for hydroxylation is 1. The van der Waals surface area contributed by atoms with Crippen molar-refractivity contribution < 1.29 is 14.0 Å². The lowest BCUT2D eigenvalue weighted by atomic mass is 10.3. The zero-order valence-corrected chi connectivity index (χ0v) is 7.61. The summed E-state index contributed by atoms with van der Waals surface area (Å²) in [6.45, 7) is 1.56. The molecule has 0 atom stereocenters. The van der Waals surface area contributed by atoms with Crippen LogP contribution in [0.25, 0.3) is 0 Å². The van der Waals surface area contributed by atoms with Crippen molar-refractivity contribution in [1.82, 2.24) is 4.98 Å². The highest BCUT2D eigenvalue weighted by molar-refractivity contribution is 5.91. The number of aromatic nitrogens is 1. The standard InChI is InChI=1S/C8H10N3O3/c1-4-7(8(10)13)11-6(14-4)3-2-5(9)12/h3H,2H2,1H3,(H2,9,12)(H2,10,13). The zero-order valence-electron chi connectivity index (χ0n) is 7.61. The van der Waals surface area contributed by atoms with Gasteiger partial charge >= 0.3 is 0 Å². The summed E-state index contributed by atoms with van der Waals surface area (Å²) in [7, 11) is 0. The molecule has 0 fully saturated rings. The lowest BCUT2D eigenvalue weighted by Crippen LogP contribution is -2.13. The first kappa shape index (κ1) is 10.2. The number of nitrogens with zero attached hydrogens (tertiary/aromatic N) is 1. The summed E-state index contributed by atoms with van der Waals surface area (Å²) < 4.78 is 5.05. The molecule has 1 rings (SSSR count). The van der Waals surface area contributed by atoms with Crippen molar-refractivity contribution in [2.75, 3.05) is 0 Å². The highest BCUT2D eigenvalue weighted by Crippen LogP contribution is 2.11. The molecule has 0 aromatic carbocycles. The SMILES string of the molecule is Cc1oc([CH]CC(N)=O)nc1C(N)=O. The summed E-state index contributed by atoms with van der Waals surface area (Å²) in [5, 5.41) is 0. The summed E-state index contributed by atoms with van der Waals surface area (Å²) in [6, 6.07) is 0. The number of carbonyl (C=O) groups is 2. The second-order valence-corrected chi connectivity index (χ2v) is 2.70. The van der Waals surface area contributed by atoms with E-state index in [2.05, 4.69) is 4.98 Å². The molecule has 14 heavy (non-hydrogen) atoms. The highest BCUT2D eigenvalue weighted by atomic mass is 16.4. The molecule has 2 amide bonds. The van der Waals surface area contributed by atoms with Crippen LogP contribution in [0.15, 0.2) is 4.42 Å². The Labute approximate surface area is 80.3 Å². The molecule has 1 radical (unpaired) electrons. The van der Waals surface area contributed by atoms with E-state index in [-0.39, 0.29) is 18.0 Å². The predicted octanol–water partition coefficient (Wildman–Crippen LogP) is -0.490. The van der Waals surface area contributed by atoms with Gasteiger partial charge in [-0.2, -0.15) is 0 Å². The van der Waals surface area contributed by atoms with E-state index in [1.54, 1.807) is 6.92 Å². The molecule has 0 bridgehead atoms. The van der Waals surface area contributed by atoms with Crippen LogP contribution in [0.2, 0.25) is 0 Å². The summed E-state index contributed by atoms with van der Waals surface area (Å²) in [5.41, 5.74) is 10.0. The van der Waals surface area contributed by atoms with Gasteiger partial charge in [0.05, 0.1) is 6.42 Å². The van der Waals surface area contributed by atoms with E-state index < -0.39 is 11.8 Å². The summed E-state index contributed by atoms with van der Waals surface area (Å²) >= 11 is 0. The van der Waals surface area contributed by atoms with Gasteiger partial charge in [-0.3, -0.25) is 9.59 Å². The van der Waals surface area contributed by atoms with Gasteiger partial charge in [0.1, 0.15) is 5.76 Å². The van der Waals surface area contributed by atoms with Crippen molar-refractivity contribution in [2.24, 2.45) is 11.5 Å². The number of carbonyl (C=O) groups excluding carboxylic acids is 2. The number of nitrogens with two attached hydrogens (primary N) is 2. The average molecular weight is 196 g/mol. The highest BCUT2D eigenvalue weighted by Gasteiger charge is 2.14. The summed E-state index contributed by atoms with van der Waals surface area (Å²) in [4.78, 5) is 25.0. The van der Waals surface area contributed by atoms with Crippen molar-refractivity contribution in [1.29, 1.82) is 0 Å². The second kappa shape index (κ2) is 3.91. The van der Waals surface area contributed by atoms with Gasteiger partial charge in [0.25, 0.3) is 5.91 Å². The number of amides is 2. The van der Waals surface area contributed by atoms with Crippen molar-refractivity contribution in [2.45, 2.75) is 13.3 Å². The number of hydrogen-bond acceptors (Lipinski definition) is 4. The van der Waals surface area contributed by atoms with E-state index in [1.165, 1.54) is 6.42 Å². The number of hydrogen-bond donors (Lipinski definition) is 2. The Balaban J connectivity index is 2.76. The van der Waals surface area contributed by atoms with Crippen molar-refractivity contribution in [3.63, 3.8) is 0 Å². The molecule has 1 aromatic heterocycles. The minimum Gasteiger partial charge on any atom is -0.445 e. The lowest BCUT2D eigenvalue weighted by Gasteiger charge is -1.89. The van der Waals surface area contributed by atoms with Gasteiger partial charge in [0.15, 0.2) is 11.6 Å². The molecule has 4 N–H and O–H groups in total. The van der Waals surface area contributed by atoms with Gasteiger partial charge in [-0.15, -0.1) is 0 Å². The van der Waals surface area contributed by atoms with Crippen molar-refractivity contribution in [3.8, 4) is 0 Å². The fourth-order valence-electron chi connectivity index (χ4n) is 0.921. The molecule has 0 saturated carbocycles. The van der Waals surface area contributed by atoms with Crippen LogP contribution in [0.1, 0.15) is 28.6 Å². The molecule has 6 heteroatoms. The van der Waals surface area contributed by atoms with E-state index in [9.17, 15) is 9.59 Å². The van der Waals surface area contributed by atoms with Crippen LogP contribution in [0, 0.1) is 13.3 Å². The van der Waals surface area contributed by atoms with Crippen LogP contribution in [-0.2, 0) is 4.79 Å². The van der Waals surface area contributed by atoms with Gasteiger partial charge in [0, 0.05) is 6.42 Å². The lowest BCUT2D eigenvalue weighted by molar-refractivity contribution is -0.117. The van der Waals surface area contributed by atoms with Crippen molar-refractivity contribution >= 4 is 11.8 Å². The first-order valence-corrected chi connectivity index (χ1v) is 3.89. The molecule has 1 aromatic rings. The number of oxazole rings is 1. The van der Waals surface area contributed by atoms with Gasteiger partial charge in [-0.25, -0.2) is 4.98 Å². The maximum Gasteiger partial charge on any atom is 0.270 e. The fourth-order valence-corrected chi connectivity index (χ4v) is 0.921. The Morgan fingerprint density at radius 3 is 2.57 bits per heavy atom. The number of rotatable bonds is 4. The maximum absolute atomic E-state index is 10.8. The average Bonchev–Trinajstić information content (AvgIpc) is 2.43. The second-order valence-electron chi connectivity index (χ2n) is 2.70. The molecule has 75 valence electrons. The monoisotopic (exact) mass is 196 g/mol. The van der Waals surface area contributed by atoms with Crippen LogP contribution in [0.5, 0.6) is 0 Å². The van der Waals surface area contributed by atoms with Crippen LogP contribution < -0.4 is 11.5 Å². The summed E-state index contributed by atoms with van der Waals surface area (Å²) in [5.74, 6) is -0.658. The third-order valence-electron chi connectivity index (χ3n) is 1.52. The zero-order chi connectivity index (χ0) is 10.7. The first-order valence-electron chi connectivity index (χ1n) is 3.89. The topological polar surface area (TPSA) is 112 Å². The normalized spacial score (nSPS) is 10.1. The number of primary amides is 2. The third kappa shape index (κ3) is 2.32. The Morgan fingerprint density at radius 2 is 2.14 bits per heavy atom. The molecule has 1 heterocycles. The van der Waals surface area contributed by atoms with E-state index in [4.69, 9.17) is 15.9 Å². The fraction of sp³-hybridized carbons (Fsp3) is 0.250. The molecule has 0 unspecified atom stereocenters. The minimum absolute atomic E-state index is 0.0121. The van der Waals surface area contributed by atoms with Gasteiger partial charge in [0.2, 0.25) is 5.91 Å². The maximum atomic E-state index is 10.8. The van der Waals surface area contributed by atoms with Crippen molar-refractivity contribution in [3.05, 3.63) is 23.8 Å². The molecule has 0 spiro atoms. The molecule has 0 saturated heterocycles.